The average Bonchev–Trinajstić information content (AvgIpc) is 2.25. The summed E-state index contributed by atoms with van der Waals surface area (Å²) in [6, 6.07) is 0. The van der Waals surface area contributed by atoms with Gasteiger partial charge in [-0.1, -0.05) is 0 Å². The predicted molar refractivity (Wildman–Crippen MR) is 43.7 cm³/mol. The lowest BCUT2D eigenvalue weighted by Crippen LogP contribution is -2.24. The fourth-order valence-corrected chi connectivity index (χ4v) is 1.24. The van der Waals surface area contributed by atoms with Gasteiger partial charge in [0.1, 0.15) is 5.54 Å². The van der Waals surface area contributed by atoms with Gasteiger partial charge < -0.3 is 4.74 Å². The fourth-order valence-electron chi connectivity index (χ4n) is 1.24. The van der Waals surface area contributed by atoms with Crippen molar-refractivity contribution in [2.24, 2.45) is 10.2 Å². The van der Waals surface area contributed by atoms with E-state index in [0.29, 0.717) is 11.3 Å². The number of nitrogens with zero attached hydrogens (tertiary/aromatic N) is 2. The molecule has 0 aromatic rings. The topological polar surface area (TPSA) is 51.0 Å². The Balaban J connectivity index is 3.05. The van der Waals surface area contributed by atoms with E-state index < -0.39 is 5.54 Å². The third-order valence-corrected chi connectivity index (χ3v) is 1.81. The van der Waals surface area contributed by atoms with Crippen molar-refractivity contribution in [2.45, 2.75) is 26.3 Å². The standard InChI is InChI=1S/C8H12N2O2/c1-5-6(7(11)12-4)8(2,3)10-9-5/h1-4H3. The summed E-state index contributed by atoms with van der Waals surface area (Å²) in [7, 11) is 1.36. The van der Waals surface area contributed by atoms with Gasteiger partial charge in [-0.25, -0.2) is 4.79 Å². The molecule has 0 unspecified atom stereocenters. The number of carbonyl (C=O) groups excluding carboxylic acids is 1. The monoisotopic (exact) mass is 168 g/mol. The molecule has 12 heavy (non-hydrogen) atoms. The number of allylic oxidation sites excluding steroid dienone is 1. The Morgan fingerprint density at radius 2 is 2.08 bits per heavy atom. The van der Waals surface area contributed by atoms with Crippen LogP contribution in [0.5, 0.6) is 0 Å². The molecule has 4 heteroatoms. The van der Waals surface area contributed by atoms with Gasteiger partial charge in [-0.05, 0) is 20.8 Å². The molecule has 0 radical (unpaired) electrons. The van der Waals surface area contributed by atoms with Crippen LogP contribution in [-0.4, -0.2) is 18.6 Å². The Bertz CT molecular complexity index is 277. The molecule has 0 aromatic carbocycles. The second-order valence-electron chi connectivity index (χ2n) is 3.21. The first-order valence-electron chi connectivity index (χ1n) is 3.71. The van der Waals surface area contributed by atoms with Crippen molar-refractivity contribution in [1.29, 1.82) is 0 Å². The maximum Gasteiger partial charge on any atom is 0.338 e. The summed E-state index contributed by atoms with van der Waals surface area (Å²) in [5.74, 6) is -0.345. The second-order valence-corrected chi connectivity index (χ2v) is 3.21. The predicted octanol–water partition coefficient (Wildman–Crippen LogP) is 1.68. The minimum absolute atomic E-state index is 0.345. The summed E-state index contributed by atoms with van der Waals surface area (Å²) in [6.07, 6.45) is 0. The van der Waals surface area contributed by atoms with Crippen molar-refractivity contribution in [2.75, 3.05) is 7.11 Å². The largest absolute Gasteiger partial charge is 0.466 e. The number of hydrogen-bond donors (Lipinski definition) is 0. The highest BCUT2D eigenvalue weighted by Gasteiger charge is 2.35. The molecule has 0 spiro atoms. The molecule has 0 saturated heterocycles. The van der Waals surface area contributed by atoms with Crippen LogP contribution in [0.3, 0.4) is 0 Å². The maximum absolute atomic E-state index is 11.2. The van der Waals surface area contributed by atoms with Crippen LogP contribution in [0.15, 0.2) is 21.5 Å². The number of azo groups is 1. The molecule has 0 amide bonds. The minimum Gasteiger partial charge on any atom is -0.466 e. The molecule has 66 valence electrons. The quantitative estimate of drug-likeness (QED) is 0.559. The smallest absolute Gasteiger partial charge is 0.338 e. The number of esters is 1. The first kappa shape index (κ1) is 8.90. The summed E-state index contributed by atoms with van der Waals surface area (Å²) >= 11 is 0. The van der Waals surface area contributed by atoms with Gasteiger partial charge in [-0.2, -0.15) is 10.2 Å². The van der Waals surface area contributed by atoms with Crippen LogP contribution < -0.4 is 0 Å². The third-order valence-electron chi connectivity index (χ3n) is 1.81. The third kappa shape index (κ3) is 1.24. The lowest BCUT2D eigenvalue weighted by atomic mass is 9.95. The van der Waals surface area contributed by atoms with Gasteiger partial charge in [0.2, 0.25) is 0 Å². The van der Waals surface area contributed by atoms with E-state index in [1.165, 1.54) is 7.11 Å². The number of hydrogen-bond acceptors (Lipinski definition) is 4. The van der Waals surface area contributed by atoms with Crippen LogP contribution in [-0.2, 0) is 9.53 Å². The van der Waals surface area contributed by atoms with Crippen molar-refractivity contribution >= 4 is 5.97 Å². The van der Waals surface area contributed by atoms with Crippen LogP contribution in [0.25, 0.3) is 0 Å². The van der Waals surface area contributed by atoms with Gasteiger partial charge in [-0.3, -0.25) is 0 Å². The zero-order chi connectivity index (χ0) is 9.35. The summed E-state index contributed by atoms with van der Waals surface area (Å²) in [5, 5.41) is 7.79. The van der Waals surface area contributed by atoms with Crippen molar-refractivity contribution in [3.63, 3.8) is 0 Å². The van der Waals surface area contributed by atoms with Crippen LogP contribution in [0.2, 0.25) is 0 Å². The number of methoxy groups -OCH3 is 1. The molecule has 4 nitrogen and oxygen atoms in total. The van der Waals surface area contributed by atoms with Gasteiger partial charge >= 0.3 is 5.97 Å². The zero-order valence-electron chi connectivity index (χ0n) is 7.71. The summed E-state index contributed by atoms with van der Waals surface area (Å²) in [5.41, 5.74) is 0.661. The number of ether oxygens (including phenoxy) is 1. The van der Waals surface area contributed by atoms with Crippen molar-refractivity contribution in [3.8, 4) is 0 Å². The Kier molecular flexibility index (Phi) is 2.00. The normalized spacial score (nSPS) is 20.0. The summed E-state index contributed by atoms with van der Waals surface area (Å²) < 4.78 is 4.62. The number of carbonyl (C=O) groups is 1. The first-order valence-corrected chi connectivity index (χ1v) is 3.71. The molecule has 0 atom stereocenters. The molecule has 1 rings (SSSR count). The lowest BCUT2D eigenvalue weighted by molar-refractivity contribution is -0.136. The molecule has 1 heterocycles. The average molecular weight is 168 g/mol. The SMILES string of the molecule is COC(=O)C1=C(C)N=NC1(C)C. The highest BCUT2D eigenvalue weighted by Crippen LogP contribution is 2.31. The van der Waals surface area contributed by atoms with E-state index in [-0.39, 0.29) is 5.97 Å². The van der Waals surface area contributed by atoms with Gasteiger partial charge in [0, 0.05) is 0 Å². The Labute approximate surface area is 71.3 Å². The minimum atomic E-state index is -0.531. The van der Waals surface area contributed by atoms with E-state index >= 15 is 0 Å². The van der Waals surface area contributed by atoms with E-state index in [1.807, 2.05) is 13.8 Å². The molecule has 0 aliphatic carbocycles. The van der Waals surface area contributed by atoms with E-state index in [1.54, 1.807) is 6.92 Å². The molecular weight excluding hydrogens is 156 g/mol. The number of rotatable bonds is 1. The fraction of sp³-hybridized carbons (Fsp3) is 0.625. The first-order chi connectivity index (χ1) is 5.49. The zero-order valence-corrected chi connectivity index (χ0v) is 7.71. The second kappa shape index (κ2) is 2.69. The van der Waals surface area contributed by atoms with E-state index in [9.17, 15) is 4.79 Å². The highest BCUT2D eigenvalue weighted by atomic mass is 16.5. The van der Waals surface area contributed by atoms with Crippen LogP contribution in [0.4, 0.5) is 0 Å². The summed E-state index contributed by atoms with van der Waals surface area (Å²) in [4.78, 5) is 11.2. The van der Waals surface area contributed by atoms with Crippen molar-refractivity contribution in [1.82, 2.24) is 0 Å². The van der Waals surface area contributed by atoms with Crippen molar-refractivity contribution in [3.05, 3.63) is 11.3 Å². The molecular formula is C8H12N2O2. The molecule has 1 aliphatic heterocycles. The molecule has 0 saturated carbocycles. The van der Waals surface area contributed by atoms with E-state index in [0.717, 1.165) is 0 Å². The van der Waals surface area contributed by atoms with Crippen LogP contribution in [0, 0.1) is 0 Å². The molecule has 0 N–H and O–H groups in total. The molecule has 0 fully saturated rings. The van der Waals surface area contributed by atoms with E-state index in [2.05, 4.69) is 15.0 Å². The van der Waals surface area contributed by atoms with Gasteiger partial charge in [-0.15, -0.1) is 0 Å². The van der Waals surface area contributed by atoms with Crippen molar-refractivity contribution < 1.29 is 9.53 Å². The summed E-state index contributed by atoms with van der Waals surface area (Å²) in [6.45, 7) is 5.42. The van der Waals surface area contributed by atoms with Gasteiger partial charge in [0.25, 0.3) is 0 Å². The van der Waals surface area contributed by atoms with Gasteiger partial charge in [0.05, 0.1) is 18.4 Å². The lowest BCUT2D eigenvalue weighted by Gasteiger charge is -2.15. The Hall–Kier alpha value is -1.19. The molecule has 0 bridgehead atoms. The maximum atomic E-state index is 11.2. The molecule has 1 aliphatic rings. The van der Waals surface area contributed by atoms with Crippen LogP contribution in [0.1, 0.15) is 20.8 Å². The Morgan fingerprint density at radius 1 is 1.50 bits per heavy atom. The Morgan fingerprint density at radius 3 is 2.42 bits per heavy atom. The van der Waals surface area contributed by atoms with Crippen LogP contribution >= 0.6 is 0 Å². The van der Waals surface area contributed by atoms with E-state index in [4.69, 9.17) is 0 Å². The van der Waals surface area contributed by atoms with Gasteiger partial charge in [0.15, 0.2) is 0 Å². The highest BCUT2D eigenvalue weighted by molar-refractivity contribution is 5.92. The molecule has 0 aromatic heterocycles.